The normalized spacial score (nSPS) is 18.6. The monoisotopic (exact) mass is 121 g/mol. The van der Waals surface area contributed by atoms with Gasteiger partial charge in [-0.05, 0) is 0 Å². The molecule has 0 bridgehead atoms. The van der Waals surface area contributed by atoms with Crippen molar-refractivity contribution < 1.29 is 13.6 Å². The molecular weight excluding hydrogens is 116 g/mol. The van der Waals surface area contributed by atoms with Gasteiger partial charge in [-0.15, -0.1) is 0 Å². The van der Waals surface area contributed by atoms with E-state index in [2.05, 4.69) is 9.99 Å². The van der Waals surface area contributed by atoms with Crippen LogP contribution in [0.2, 0.25) is 0 Å². The molecule has 0 aromatic heterocycles. The van der Waals surface area contributed by atoms with Gasteiger partial charge >= 0.3 is 0 Å². The highest BCUT2D eigenvalue weighted by molar-refractivity contribution is 5.87. The van der Waals surface area contributed by atoms with Crippen LogP contribution in [0.5, 0.6) is 0 Å². The van der Waals surface area contributed by atoms with Crippen LogP contribution in [0, 0.1) is 0 Å². The molecule has 0 aromatic rings. The maximum Gasteiger partial charge on any atom is 0.279 e. The molecule has 1 aliphatic heterocycles. The zero-order valence-electron chi connectivity index (χ0n) is 4.10. The molecule has 0 aromatic carbocycles. The number of nitrogens with zero attached hydrogens (tertiary/aromatic N) is 1. The molecule has 8 heavy (non-hydrogen) atoms. The molecule has 0 saturated heterocycles. The molecule has 46 valence electrons. The van der Waals surface area contributed by atoms with E-state index in [9.17, 15) is 8.78 Å². The van der Waals surface area contributed by atoms with Crippen molar-refractivity contribution in [1.82, 2.24) is 0 Å². The van der Waals surface area contributed by atoms with E-state index in [0.29, 0.717) is 6.61 Å². The van der Waals surface area contributed by atoms with Gasteiger partial charge in [0.1, 0.15) is 12.3 Å². The van der Waals surface area contributed by atoms with E-state index in [1.165, 1.54) is 0 Å². The van der Waals surface area contributed by atoms with Crippen LogP contribution in [0.1, 0.15) is 6.42 Å². The predicted octanol–water partition coefficient (Wildman–Crippen LogP) is 1.03. The van der Waals surface area contributed by atoms with Gasteiger partial charge in [-0.1, -0.05) is 5.16 Å². The number of hydrogen-bond donors (Lipinski definition) is 0. The summed E-state index contributed by atoms with van der Waals surface area (Å²) in [6.45, 7) is 0.305. The summed E-state index contributed by atoms with van der Waals surface area (Å²) in [5.74, 6) is 0. The summed E-state index contributed by atoms with van der Waals surface area (Å²) in [6.07, 6.45) is -2.16. The van der Waals surface area contributed by atoms with Crippen LogP contribution in [-0.2, 0) is 4.84 Å². The first-order valence-electron chi connectivity index (χ1n) is 2.27. The second-order valence-corrected chi connectivity index (χ2v) is 1.47. The van der Waals surface area contributed by atoms with Crippen molar-refractivity contribution in [3.05, 3.63) is 0 Å². The summed E-state index contributed by atoms with van der Waals surface area (Å²) in [6, 6.07) is 0. The number of halogens is 2. The molecule has 0 spiro atoms. The Morgan fingerprint density at radius 2 is 2.38 bits per heavy atom. The summed E-state index contributed by atoms with van der Waals surface area (Å²) < 4.78 is 23.1. The Hall–Kier alpha value is -0.670. The Balaban J connectivity index is 2.45. The minimum absolute atomic E-state index is 0.134. The van der Waals surface area contributed by atoms with Crippen LogP contribution in [0.4, 0.5) is 8.78 Å². The number of hydrogen-bond acceptors (Lipinski definition) is 2. The quantitative estimate of drug-likeness (QED) is 0.507. The van der Waals surface area contributed by atoms with Crippen LogP contribution >= 0.6 is 0 Å². The van der Waals surface area contributed by atoms with Gasteiger partial charge in [0.25, 0.3) is 6.43 Å². The van der Waals surface area contributed by atoms with Gasteiger partial charge in [0, 0.05) is 6.42 Å². The van der Waals surface area contributed by atoms with E-state index in [1.54, 1.807) is 0 Å². The Morgan fingerprint density at radius 1 is 1.62 bits per heavy atom. The fourth-order valence-electron chi connectivity index (χ4n) is 0.473. The Kier molecular flexibility index (Phi) is 1.41. The van der Waals surface area contributed by atoms with Crippen LogP contribution in [0.3, 0.4) is 0 Å². The lowest BCUT2D eigenvalue weighted by Crippen LogP contribution is -2.06. The topological polar surface area (TPSA) is 21.6 Å². The van der Waals surface area contributed by atoms with Crippen molar-refractivity contribution >= 4 is 5.71 Å². The summed E-state index contributed by atoms with van der Waals surface area (Å²) in [4.78, 5) is 4.33. The molecule has 0 radical (unpaired) electrons. The first-order chi connectivity index (χ1) is 3.80. The Morgan fingerprint density at radius 3 is 2.62 bits per heavy atom. The van der Waals surface area contributed by atoms with Crippen LogP contribution in [0.25, 0.3) is 0 Å². The molecule has 0 atom stereocenters. The first kappa shape index (κ1) is 5.47. The molecular formula is C4H5F2NO. The van der Waals surface area contributed by atoms with E-state index < -0.39 is 6.43 Å². The molecule has 2 nitrogen and oxygen atoms in total. The summed E-state index contributed by atoms with van der Waals surface area (Å²) in [5.41, 5.74) is -0.134. The SMILES string of the molecule is FC(F)C1=NOCC1. The van der Waals surface area contributed by atoms with E-state index in [4.69, 9.17) is 0 Å². The molecule has 0 unspecified atom stereocenters. The van der Waals surface area contributed by atoms with Gasteiger partial charge in [0.05, 0.1) is 0 Å². The number of alkyl halides is 2. The maximum absolute atomic E-state index is 11.5. The minimum Gasteiger partial charge on any atom is -0.395 e. The van der Waals surface area contributed by atoms with Crippen LogP contribution < -0.4 is 0 Å². The highest BCUT2D eigenvalue weighted by atomic mass is 19.3. The average Bonchev–Trinajstić information content (AvgIpc) is 2.12. The van der Waals surface area contributed by atoms with Crippen molar-refractivity contribution in [3.63, 3.8) is 0 Å². The highest BCUT2D eigenvalue weighted by Crippen LogP contribution is 2.07. The van der Waals surface area contributed by atoms with Gasteiger partial charge in [-0.25, -0.2) is 8.78 Å². The average molecular weight is 121 g/mol. The third-order valence-corrected chi connectivity index (χ3v) is 0.883. The molecule has 1 rings (SSSR count). The summed E-state index contributed by atoms with van der Waals surface area (Å²) in [7, 11) is 0. The number of rotatable bonds is 1. The van der Waals surface area contributed by atoms with Crippen LogP contribution in [0.15, 0.2) is 5.16 Å². The third-order valence-electron chi connectivity index (χ3n) is 0.883. The lowest BCUT2D eigenvalue weighted by atomic mass is 10.3. The minimum atomic E-state index is -2.43. The van der Waals surface area contributed by atoms with E-state index >= 15 is 0 Å². The standard InChI is InChI=1S/C4H5F2NO/c5-4(6)3-1-2-8-7-3/h4H,1-2H2. The molecule has 0 saturated carbocycles. The predicted molar refractivity (Wildman–Crippen MR) is 24.0 cm³/mol. The molecule has 4 heteroatoms. The lowest BCUT2D eigenvalue weighted by Gasteiger charge is -1.89. The van der Waals surface area contributed by atoms with Gasteiger partial charge in [0.2, 0.25) is 0 Å². The summed E-state index contributed by atoms with van der Waals surface area (Å²) in [5, 5.41) is 3.10. The molecule has 0 fully saturated rings. The van der Waals surface area contributed by atoms with Gasteiger partial charge in [-0.2, -0.15) is 0 Å². The van der Waals surface area contributed by atoms with Gasteiger partial charge in [0.15, 0.2) is 0 Å². The van der Waals surface area contributed by atoms with Crippen molar-refractivity contribution in [2.75, 3.05) is 6.61 Å². The fraction of sp³-hybridized carbons (Fsp3) is 0.750. The molecule has 0 aliphatic carbocycles. The van der Waals surface area contributed by atoms with Crippen LogP contribution in [-0.4, -0.2) is 18.7 Å². The molecule has 1 heterocycles. The molecule has 1 aliphatic rings. The molecule has 0 N–H and O–H groups in total. The first-order valence-corrected chi connectivity index (χ1v) is 2.27. The highest BCUT2D eigenvalue weighted by Gasteiger charge is 2.17. The van der Waals surface area contributed by atoms with Crippen molar-refractivity contribution in [2.24, 2.45) is 5.16 Å². The third kappa shape index (κ3) is 0.936. The zero-order valence-corrected chi connectivity index (χ0v) is 4.10. The Bertz CT molecular complexity index is 113. The maximum atomic E-state index is 11.5. The van der Waals surface area contributed by atoms with E-state index in [0.717, 1.165) is 0 Å². The largest absolute Gasteiger partial charge is 0.395 e. The van der Waals surface area contributed by atoms with E-state index in [-0.39, 0.29) is 12.1 Å². The smallest absolute Gasteiger partial charge is 0.279 e. The second-order valence-electron chi connectivity index (χ2n) is 1.47. The second kappa shape index (κ2) is 2.07. The zero-order chi connectivity index (χ0) is 5.98. The fourth-order valence-corrected chi connectivity index (χ4v) is 0.473. The number of oxime groups is 1. The lowest BCUT2D eigenvalue weighted by molar-refractivity contribution is 0.171. The van der Waals surface area contributed by atoms with Crippen molar-refractivity contribution in [3.8, 4) is 0 Å². The molecule has 0 amide bonds. The van der Waals surface area contributed by atoms with Gasteiger partial charge < -0.3 is 4.84 Å². The van der Waals surface area contributed by atoms with Gasteiger partial charge in [-0.3, -0.25) is 0 Å². The Labute approximate surface area is 45.1 Å². The van der Waals surface area contributed by atoms with Crippen molar-refractivity contribution in [2.45, 2.75) is 12.8 Å². The van der Waals surface area contributed by atoms with E-state index in [1.807, 2.05) is 0 Å². The summed E-state index contributed by atoms with van der Waals surface area (Å²) >= 11 is 0. The van der Waals surface area contributed by atoms with Crippen molar-refractivity contribution in [1.29, 1.82) is 0 Å².